The Labute approximate surface area is 120 Å². The van der Waals surface area contributed by atoms with Gasteiger partial charge in [0.15, 0.2) is 0 Å². The van der Waals surface area contributed by atoms with Crippen molar-refractivity contribution in [1.29, 1.82) is 0 Å². The highest BCUT2D eigenvalue weighted by Crippen LogP contribution is 2.48. The number of hydrogen-bond donors (Lipinski definition) is 1. The van der Waals surface area contributed by atoms with Crippen LogP contribution in [0.4, 0.5) is 0 Å². The van der Waals surface area contributed by atoms with E-state index in [-0.39, 0.29) is 17.9 Å². The summed E-state index contributed by atoms with van der Waals surface area (Å²) in [4.78, 5) is 0. The molecule has 0 aromatic heterocycles. The fraction of sp³-hybridized carbons (Fsp3) is 0.294. The van der Waals surface area contributed by atoms with Gasteiger partial charge in [0.25, 0.3) is 0 Å². The number of benzene rings is 2. The average molecular weight is 272 g/mol. The van der Waals surface area contributed by atoms with Gasteiger partial charge < -0.3 is 0 Å². The first kappa shape index (κ1) is 12.7. The van der Waals surface area contributed by atoms with Gasteiger partial charge >= 0.3 is 0 Å². The SMILES string of the molecule is Cc1cccc2c1CC1NC2(C)c2ccccc21.Cl. The van der Waals surface area contributed by atoms with Crippen LogP contribution in [0.3, 0.4) is 0 Å². The van der Waals surface area contributed by atoms with Crippen LogP contribution in [-0.2, 0) is 12.0 Å². The molecule has 2 aliphatic rings. The molecule has 0 saturated heterocycles. The molecule has 1 nitrogen and oxygen atoms in total. The van der Waals surface area contributed by atoms with E-state index in [1.807, 2.05) is 0 Å². The van der Waals surface area contributed by atoms with E-state index in [2.05, 4.69) is 61.6 Å². The molecule has 2 aliphatic heterocycles. The molecule has 0 aliphatic carbocycles. The molecule has 0 saturated carbocycles. The summed E-state index contributed by atoms with van der Waals surface area (Å²) < 4.78 is 0. The summed E-state index contributed by atoms with van der Waals surface area (Å²) in [6.45, 7) is 4.56. The average Bonchev–Trinajstić information content (AvgIpc) is 2.62. The normalized spacial score (nSPS) is 26.3. The third kappa shape index (κ3) is 1.52. The van der Waals surface area contributed by atoms with Crippen molar-refractivity contribution in [1.82, 2.24) is 5.32 Å². The van der Waals surface area contributed by atoms with Crippen molar-refractivity contribution in [2.45, 2.75) is 31.8 Å². The summed E-state index contributed by atoms with van der Waals surface area (Å²) in [6, 6.07) is 16.1. The Balaban J connectivity index is 0.00000110. The standard InChI is InChI=1S/C17H17N.ClH/c1-11-6-5-9-15-13(11)10-16-12-7-3-4-8-14(12)17(15,2)18-16;/h3-9,16,18H,10H2,1-2H3;1H. The lowest BCUT2D eigenvalue weighted by Gasteiger charge is -2.35. The highest BCUT2D eigenvalue weighted by molar-refractivity contribution is 5.85. The maximum absolute atomic E-state index is 3.82. The highest BCUT2D eigenvalue weighted by Gasteiger charge is 2.45. The Hall–Kier alpha value is -1.31. The number of nitrogens with one attached hydrogen (secondary N) is 1. The zero-order valence-corrected chi connectivity index (χ0v) is 12.1. The van der Waals surface area contributed by atoms with Gasteiger partial charge in [-0.3, -0.25) is 5.32 Å². The van der Waals surface area contributed by atoms with Crippen LogP contribution in [0.1, 0.15) is 40.8 Å². The Morgan fingerprint density at radius 2 is 1.79 bits per heavy atom. The van der Waals surface area contributed by atoms with Crippen molar-refractivity contribution >= 4 is 12.4 Å². The lowest BCUT2D eigenvalue weighted by molar-refractivity contribution is 0.388. The van der Waals surface area contributed by atoms with Crippen LogP contribution in [0.5, 0.6) is 0 Å². The molecule has 0 fully saturated rings. The van der Waals surface area contributed by atoms with Crippen LogP contribution in [-0.4, -0.2) is 0 Å². The minimum absolute atomic E-state index is 0. The van der Waals surface area contributed by atoms with Crippen molar-refractivity contribution in [3.8, 4) is 0 Å². The van der Waals surface area contributed by atoms with Gasteiger partial charge in [-0.25, -0.2) is 0 Å². The van der Waals surface area contributed by atoms with Crippen molar-refractivity contribution in [2.24, 2.45) is 0 Å². The van der Waals surface area contributed by atoms with Gasteiger partial charge in [0, 0.05) is 6.04 Å². The van der Waals surface area contributed by atoms with Crippen LogP contribution in [0.25, 0.3) is 0 Å². The Bertz CT molecular complexity index is 649. The van der Waals surface area contributed by atoms with Gasteiger partial charge in [-0.1, -0.05) is 42.5 Å². The van der Waals surface area contributed by atoms with Crippen molar-refractivity contribution in [2.75, 3.05) is 0 Å². The molecule has 98 valence electrons. The molecule has 19 heavy (non-hydrogen) atoms. The molecule has 2 atom stereocenters. The molecule has 2 aromatic carbocycles. The minimum atomic E-state index is 0. The predicted molar refractivity (Wildman–Crippen MR) is 80.9 cm³/mol. The molecule has 4 rings (SSSR count). The van der Waals surface area contributed by atoms with E-state index < -0.39 is 0 Å². The van der Waals surface area contributed by atoms with E-state index in [0.29, 0.717) is 6.04 Å². The molecule has 2 bridgehead atoms. The van der Waals surface area contributed by atoms with E-state index in [0.717, 1.165) is 6.42 Å². The Kier molecular flexibility index (Phi) is 2.74. The number of fused-ring (bicyclic) bond motifs is 7. The van der Waals surface area contributed by atoms with Gasteiger partial charge in [0.05, 0.1) is 5.54 Å². The number of aryl methyl sites for hydroxylation is 1. The largest absolute Gasteiger partial charge is 0.297 e. The summed E-state index contributed by atoms with van der Waals surface area (Å²) in [5.41, 5.74) is 7.37. The van der Waals surface area contributed by atoms with Crippen LogP contribution >= 0.6 is 12.4 Å². The van der Waals surface area contributed by atoms with E-state index in [4.69, 9.17) is 0 Å². The Morgan fingerprint density at radius 1 is 1.05 bits per heavy atom. The summed E-state index contributed by atoms with van der Waals surface area (Å²) in [5.74, 6) is 0. The molecular weight excluding hydrogens is 254 g/mol. The van der Waals surface area contributed by atoms with Crippen LogP contribution < -0.4 is 5.32 Å². The van der Waals surface area contributed by atoms with Gasteiger partial charge in [-0.2, -0.15) is 0 Å². The third-order valence-corrected chi connectivity index (χ3v) is 4.69. The molecule has 0 radical (unpaired) electrons. The summed E-state index contributed by atoms with van der Waals surface area (Å²) in [7, 11) is 0. The van der Waals surface area contributed by atoms with Crippen LogP contribution in [0, 0.1) is 6.92 Å². The fourth-order valence-corrected chi connectivity index (χ4v) is 3.79. The first-order valence-electron chi connectivity index (χ1n) is 6.66. The topological polar surface area (TPSA) is 12.0 Å². The second-order valence-corrected chi connectivity index (χ2v) is 5.71. The molecular formula is C17H18ClN. The fourth-order valence-electron chi connectivity index (χ4n) is 3.79. The van der Waals surface area contributed by atoms with Crippen LogP contribution in [0.2, 0.25) is 0 Å². The molecule has 1 N–H and O–H groups in total. The van der Waals surface area contributed by atoms with Crippen molar-refractivity contribution in [3.05, 3.63) is 70.3 Å². The lowest BCUT2D eigenvalue weighted by Crippen LogP contribution is -2.41. The maximum atomic E-state index is 3.82. The van der Waals surface area contributed by atoms with Gasteiger partial charge in [-0.15, -0.1) is 12.4 Å². The first-order chi connectivity index (χ1) is 8.70. The zero-order valence-electron chi connectivity index (χ0n) is 11.2. The van der Waals surface area contributed by atoms with Gasteiger partial charge in [0.2, 0.25) is 0 Å². The quantitative estimate of drug-likeness (QED) is 0.767. The molecule has 0 amide bonds. The van der Waals surface area contributed by atoms with Crippen molar-refractivity contribution < 1.29 is 0 Å². The molecule has 0 spiro atoms. The van der Waals surface area contributed by atoms with E-state index in [1.165, 1.54) is 22.3 Å². The maximum Gasteiger partial charge on any atom is 0.0672 e. The van der Waals surface area contributed by atoms with Gasteiger partial charge in [0.1, 0.15) is 0 Å². The molecule has 2 aromatic rings. The first-order valence-corrected chi connectivity index (χ1v) is 6.66. The highest BCUT2D eigenvalue weighted by atomic mass is 35.5. The molecule has 2 heteroatoms. The molecule has 2 unspecified atom stereocenters. The second-order valence-electron chi connectivity index (χ2n) is 5.71. The summed E-state index contributed by atoms with van der Waals surface area (Å²) in [6.07, 6.45) is 1.12. The Morgan fingerprint density at radius 3 is 2.63 bits per heavy atom. The second kappa shape index (κ2) is 4.09. The van der Waals surface area contributed by atoms with Gasteiger partial charge in [-0.05, 0) is 48.1 Å². The zero-order chi connectivity index (χ0) is 12.3. The minimum Gasteiger partial charge on any atom is -0.297 e. The summed E-state index contributed by atoms with van der Waals surface area (Å²) in [5, 5.41) is 3.82. The van der Waals surface area contributed by atoms with E-state index in [9.17, 15) is 0 Å². The monoisotopic (exact) mass is 271 g/mol. The molecule has 2 heterocycles. The lowest BCUT2D eigenvalue weighted by atomic mass is 9.81. The number of halogens is 1. The smallest absolute Gasteiger partial charge is 0.0672 e. The van der Waals surface area contributed by atoms with E-state index >= 15 is 0 Å². The van der Waals surface area contributed by atoms with Crippen LogP contribution in [0.15, 0.2) is 42.5 Å². The summed E-state index contributed by atoms with van der Waals surface area (Å²) >= 11 is 0. The predicted octanol–water partition coefficient (Wildman–Crippen LogP) is 3.88. The number of rotatable bonds is 0. The number of hydrogen-bond acceptors (Lipinski definition) is 1. The van der Waals surface area contributed by atoms with Crippen molar-refractivity contribution in [3.63, 3.8) is 0 Å². The van der Waals surface area contributed by atoms with E-state index in [1.54, 1.807) is 5.56 Å². The third-order valence-electron chi connectivity index (χ3n) is 4.69.